The average Bonchev–Trinajstić information content (AvgIpc) is 2.14. The lowest BCUT2D eigenvalue weighted by Crippen LogP contribution is -2.45. The highest BCUT2D eigenvalue weighted by Gasteiger charge is 2.28. The fourth-order valence-corrected chi connectivity index (χ4v) is 1.55. The van der Waals surface area contributed by atoms with Crippen molar-refractivity contribution in [2.75, 3.05) is 46.9 Å². The Bertz CT molecular complexity index is 156. The van der Waals surface area contributed by atoms with Crippen LogP contribution in [0, 0.1) is 0 Å². The molecule has 0 aromatic rings. The lowest BCUT2D eigenvalue weighted by molar-refractivity contribution is -0.0656. The van der Waals surface area contributed by atoms with Crippen molar-refractivity contribution in [1.29, 1.82) is 0 Å². The Hall–Kier alpha value is -0.160. The van der Waals surface area contributed by atoms with Gasteiger partial charge in [0.05, 0.1) is 18.8 Å². The van der Waals surface area contributed by atoms with Gasteiger partial charge in [0.15, 0.2) is 0 Å². The molecule has 0 bridgehead atoms. The zero-order chi connectivity index (χ0) is 10.4. The quantitative estimate of drug-likeness (QED) is 0.600. The van der Waals surface area contributed by atoms with Gasteiger partial charge in [-0.2, -0.15) is 0 Å². The monoisotopic (exact) mass is 202 g/mol. The molecule has 14 heavy (non-hydrogen) atoms. The third-order valence-corrected chi connectivity index (χ3v) is 2.59. The van der Waals surface area contributed by atoms with Crippen molar-refractivity contribution in [3.05, 3.63) is 0 Å². The topological polar surface area (TPSA) is 44.7 Å². The van der Waals surface area contributed by atoms with Crippen LogP contribution >= 0.6 is 0 Å². The molecule has 0 saturated carbocycles. The SMILES string of the molecule is CN(C)CCOCC1(O)CCNCC1. The molecule has 1 rings (SSSR count). The lowest BCUT2D eigenvalue weighted by atomic mass is 9.94. The van der Waals surface area contributed by atoms with Gasteiger partial charge in [0, 0.05) is 6.54 Å². The normalized spacial score (nSPS) is 21.4. The molecule has 0 unspecified atom stereocenters. The summed E-state index contributed by atoms with van der Waals surface area (Å²) in [7, 11) is 4.03. The number of hydrogen-bond acceptors (Lipinski definition) is 4. The van der Waals surface area contributed by atoms with Crippen LogP contribution in [0.1, 0.15) is 12.8 Å². The number of nitrogens with zero attached hydrogens (tertiary/aromatic N) is 1. The highest BCUT2D eigenvalue weighted by Crippen LogP contribution is 2.17. The summed E-state index contributed by atoms with van der Waals surface area (Å²) in [5, 5.41) is 13.3. The largest absolute Gasteiger partial charge is 0.387 e. The summed E-state index contributed by atoms with van der Waals surface area (Å²) in [5.41, 5.74) is -0.586. The van der Waals surface area contributed by atoms with Crippen molar-refractivity contribution >= 4 is 0 Å². The second-order valence-electron chi connectivity index (χ2n) is 4.33. The first-order valence-electron chi connectivity index (χ1n) is 5.28. The highest BCUT2D eigenvalue weighted by atomic mass is 16.5. The van der Waals surface area contributed by atoms with E-state index in [1.54, 1.807) is 0 Å². The molecule has 1 heterocycles. The molecular formula is C10H22N2O2. The molecule has 0 amide bonds. The van der Waals surface area contributed by atoms with Crippen LogP contribution in [-0.4, -0.2) is 62.6 Å². The number of nitrogens with one attached hydrogen (secondary N) is 1. The number of aliphatic hydroxyl groups is 1. The highest BCUT2D eigenvalue weighted by molar-refractivity contribution is 4.83. The number of ether oxygens (including phenoxy) is 1. The number of likely N-dealkylation sites (N-methyl/N-ethyl adjacent to an activating group) is 1. The third kappa shape index (κ3) is 4.37. The summed E-state index contributed by atoms with van der Waals surface area (Å²) in [6.07, 6.45) is 1.60. The van der Waals surface area contributed by atoms with Crippen LogP contribution in [0.5, 0.6) is 0 Å². The molecule has 0 spiro atoms. The summed E-state index contributed by atoms with van der Waals surface area (Å²) in [5.74, 6) is 0. The van der Waals surface area contributed by atoms with Gasteiger partial charge in [0.2, 0.25) is 0 Å². The van der Waals surface area contributed by atoms with Crippen molar-refractivity contribution in [3.63, 3.8) is 0 Å². The molecular weight excluding hydrogens is 180 g/mol. The molecule has 0 aliphatic carbocycles. The summed E-state index contributed by atoms with van der Waals surface area (Å²) in [4.78, 5) is 2.08. The summed E-state index contributed by atoms with van der Waals surface area (Å²) >= 11 is 0. The molecule has 4 nitrogen and oxygen atoms in total. The summed E-state index contributed by atoms with van der Waals surface area (Å²) < 4.78 is 5.47. The standard InChI is InChI=1S/C10H22N2O2/c1-12(2)7-8-14-9-10(13)3-5-11-6-4-10/h11,13H,3-9H2,1-2H3. The van der Waals surface area contributed by atoms with Crippen LogP contribution in [0.4, 0.5) is 0 Å². The lowest BCUT2D eigenvalue weighted by Gasteiger charge is -2.32. The number of piperidine rings is 1. The van der Waals surface area contributed by atoms with Gasteiger partial charge in [0.25, 0.3) is 0 Å². The molecule has 1 fully saturated rings. The van der Waals surface area contributed by atoms with Crippen molar-refractivity contribution in [2.45, 2.75) is 18.4 Å². The van der Waals surface area contributed by atoms with Gasteiger partial charge in [-0.1, -0.05) is 0 Å². The van der Waals surface area contributed by atoms with Crippen molar-refractivity contribution < 1.29 is 9.84 Å². The molecule has 0 radical (unpaired) electrons. The van der Waals surface area contributed by atoms with Crippen LogP contribution in [0.15, 0.2) is 0 Å². The Labute approximate surface area is 86.2 Å². The van der Waals surface area contributed by atoms with Crippen LogP contribution in [0.2, 0.25) is 0 Å². The van der Waals surface area contributed by atoms with Gasteiger partial charge in [-0.05, 0) is 40.0 Å². The molecule has 4 heteroatoms. The summed E-state index contributed by atoms with van der Waals surface area (Å²) in [6.45, 7) is 3.88. The molecule has 0 atom stereocenters. The van der Waals surface area contributed by atoms with Crippen LogP contribution in [0.25, 0.3) is 0 Å². The number of rotatable bonds is 5. The van der Waals surface area contributed by atoms with E-state index < -0.39 is 5.60 Å². The van der Waals surface area contributed by atoms with Gasteiger partial charge in [-0.25, -0.2) is 0 Å². The van der Waals surface area contributed by atoms with E-state index in [1.165, 1.54) is 0 Å². The summed E-state index contributed by atoms with van der Waals surface area (Å²) in [6, 6.07) is 0. The first kappa shape index (κ1) is 11.9. The average molecular weight is 202 g/mol. The van der Waals surface area contributed by atoms with Crippen LogP contribution in [0.3, 0.4) is 0 Å². The smallest absolute Gasteiger partial charge is 0.0904 e. The predicted molar refractivity (Wildman–Crippen MR) is 56.4 cm³/mol. The van der Waals surface area contributed by atoms with Crippen molar-refractivity contribution in [2.24, 2.45) is 0 Å². The Morgan fingerprint density at radius 1 is 1.36 bits per heavy atom. The van der Waals surface area contributed by atoms with E-state index in [4.69, 9.17) is 4.74 Å². The molecule has 84 valence electrons. The molecule has 1 aliphatic rings. The van der Waals surface area contributed by atoms with Crippen molar-refractivity contribution in [1.82, 2.24) is 10.2 Å². The minimum Gasteiger partial charge on any atom is -0.387 e. The van der Waals surface area contributed by atoms with E-state index in [-0.39, 0.29) is 0 Å². The fraction of sp³-hybridized carbons (Fsp3) is 1.00. The van der Waals surface area contributed by atoms with Crippen LogP contribution in [-0.2, 0) is 4.74 Å². The predicted octanol–water partition coefficient (Wildman–Crippen LogP) is -0.321. The second-order valence-corrected chi connectivity index (χ2v) is 4.33. The van der Waals surface area contributed by atoms with E-state index in [2.05, 4.69) is 10.2 Å². The first-order valence-corrected chi connectivity index (χ1v) is 5.28. The molecule has 1 saturated heterocycles. The third-order valence-electron chi connectivity index (χ3n) is 2.59. The van der Waals surface area contributed by atoms with Gasteiger partial charge < -0.3 is 20.1 Å². The van der Waals surface area contributed by atoms with Gasteiger partial charge in [-0.15, -0.1) is 0 Å². The Kier molecular flexibility index (Phi) is 4.81. The minimum atomic E-state index is -0.586. The Balaban J connectivity index is 2.09. The molecule has 2 N–H and O–H groups in total. The fourth-order valence-electron chi connectivity index (χ4n) is 1.55. The number of hydrogen-bond donors (Lipinski definition) is 2. The van der Waals surface area contributed by atoms with E-state index in [9.17, 15) is 5.11 Å². The molecule has 0 aromatic carbocycles. The van der Waals surface area contributed by atoms with Gasteiger partial charge in [-0.3, -0.25) is 0 Å². The van der Waals surface area contributed by atoms with Gasteiger partial charge >= 0.3 is 0 Å². The van der Waals surface area contributed by atoms with Crippen molar-refractivity contribution in [3.8, 4) is 0 Å². The Morgan fingerprint density at radius 3 is 2.57 bits per heavy atom. The Morgan fingerprint density at radius 2 is 2.00 bits per heavy atom. The van der Waals surface area contributed by atoms with E-state index >= 15 is 0 Å². The minimum absolute atomic E-state index is 0.475. The maximum atomic E-state index is 10.1. The van der Waals surface area contributed by atoms with E-state index in [0.717, 1.165) is 32.5 Å². The molecule has 1 aliphatic heterocycles. The zero-order valence-corrected chi connectivity index (χ0v) is 9.25. The molecule has 0 aromatic heterocycles. The first-order chi connectivity index (χ1) is 6.62. The van der Waals surface area contributed by atoms with Crippen LogP contribution < -0.4 is 5.32 Å². The zero-order valence-electron chi connectivity index (χ0n) is 9.25. The van der Waals surface area contributed by atoms with Gasteiger partial charge in [0.1, 0.15) is 0 Å². The maximum absolute atomic E-state index is 10.1. The van der Waals surface area contributed by atoms with E-state index in [1.807, 2.05) is 14.1 Å². The van der Waals surface area contributed by atoms with E-state index in [0.29, 0.717) is 13.2 Å². The second kappa shape index (κ2) is 5.66. The maximum Gasteiger partial charge on any atom is 0.0904 e.